The molecule has 1 aromatic carbocycles. The van der Waals surface area contributed by atoms with Crippen LogP contribution in [0.1, 0.15) is 62.1 Å². The molecule has 190 valence electrons. The van der Waals surface area contributed by atoms with Gasteiger partial charge in [-0.2, -0.15) is 0 Å². The molecule has 1 saturated carbocycles. The molecule has 3 heterocycles. The molecule has 1 aromatic heterocycles. The highest BCUT2D eigenvalue weighted by Crippen LogP contribution is 2.53. The topological polar surface area (TPSA) is 48.8 Å². The number of aliphatic hydroxyl groups is 1. The predicted molar refractivity (Wildman–Crippen MR) is 141 cm³/mol. The maximum Gasteiger partial charge on any atom is 0.119 e. The summed E-state index contributed by atoms with van der Waals surface area (Å²) in [5.41, 5.74) is 2.88. The predicted octanol–water partition coefficient (Wildman–Crippen LogP) is 4.60. The van der Waals surface area contributed by atoms with Gasteiger partial charge in [0.2, 0.25) is 0 Å². The molecular formula is C30H43N3O2. The van der Waals surface area contributed by atoms with Crippen molar-refractivity contribution in [3.8, 4) is 5.75 Å². The molecule has 5 nitrogen and oxygen atoms in total. The highest BCUT2D eigenvalue weighted by molar-refractivity contribution is 5.44. The van der Waals surface area contributed by atoms with Crippen LogP contribution in [0.2, 0.25) is 0 Å². The minimum absolute atomic E-state index is 0.151. The lowest BCUT2D eigenvalue weighted by Crippen LogP contribution is -2.68. The summed E-state index contributed by atoms with van der Waals surface area (Å²) in [5, 5.41) is 12.7. The summed E-state index contributed by atoms with van der Waals surface area (Å²) in [7, 11) is 1.75. The quantitative estimate of drug-likeness (QED) is 0.602. The van der Waals surface area contributed by atoms with Crippen LogP contribution in [0.3, 0.4) is 0 Å². The Bertz CT molecular complexity index is 994. The Balaban J connectivity index is 1.41. The lowest BCUT2D eigenvalue weighted by atomic mass is 9.57. The fraction of sp³-hybridized carbons (Fsp3) is 0.633. The van der Waals surface area contributed by atoms with Crippen LogP contribution in [-0.2, 0) is 11.8 Å². The van der Waals surface area contributed by atoms with E-state index in [0.29, 0.717) is 0 Å². The number of likely N-dealkylation sites (tertiary alicyclic amines) is 2. The van der Waals surface area contributed by atoms with Crippen LogP contribution in [0.5, 0.6) is 5.75 Å². The molecule has 3 atom stereocenters. The number of fused-ring (bicyclic) bond motifs is 1. The second-order valence-electron chi connectivity index (χ2n) is 11.4. The largest absolute Gasteiger partial charge is 0.497 e. The van der Waals surface area contributed by atoms with Crippen LogP contribution >= 0.6 is 0 Å². The fourth-order valence-corrected chi connectivity index (χ4v) is 6.93. The maximum atomic E-state index is 12.7. The van der Waals surface area contributed by atoms with Crippen LogP contribution in [0.15, 0.2) is 42.7 Å². The Morgan fingerprint density at radius 3 is 2.66 bits per heavy atom. The van der Waals surface area contributed by atoms with Crippen molar-refractivity contribution in [2.45, 2.75) is 75.9 Å². The van der Waals surface area contributed by atoms with Gasteiger partial charge in [0, 0.05) is 36.9 Å². The molecule has 5 rings (SSSR count). The van der Waals surface area contributed by atoms with E-state index in [1.165, 1.54) is 29.5 Å². The minimum atomic E-state index is -0.755. The van der Waals surface area contributed by atoms with Gasteiger partial charge in [-0.25, -0.2) is 0 Å². The number of piperidine rings is 1. The number of benzene rings is 1. The zero-order valence-corrected chi connectivity index (χ0v) is 21.9. The Hall–Kier alpha value is -1.95. The third-order valence-electron chi connectivity index (χ3n) is 9.37. The van der Waals surface area contributed by atoms with Gasteiger partial charge in [0.15, 0.2) is 0 Å². The van der Waals surface area contributed by atoms with E-state index in [1.54, 1.807) is 7.11 Å². The number of aromatic nitrogens is 1. The lowest BCUT2D eigenvalue weighted by Gasteiger charge is -2.58. The lowest BCUT2D eigenvalue weighted by molar-refractivity contribution is -0.136. The molecule has 3 aliphatic rings. The van der Waals surface area contributed by atoms with E-state index in [2.05, 4.69) is 52.9 Å². The molecule has 5 heteroatoms. The molecule has 0 spiro atoms. The van der Waals surface area contributed by atoms with Gasteiger partial charge in [0.1, 0.15) is 5.75 Å². The van der Waals surface area contributed by atoms with Gasteiger partial charge < -0.3 is 14.7 Å². The van der Waals surface area contributed by atoms with Crippen molar-refractivity contribution in [3.05, 3.63) is 59.4 Å². The maximum absolute atomic E-state index is 12.7. The number of hydrogen-bond acceptors (Lipinski definition) is 5. The molecule has 0 radical (unpaired) electrons. The number of methoxy groups -OCH3 is 1. The number of ether oxygens (including phenoxy) is 1. The third-order valence-corrected chi connectivity index (χ3v) is 9.37. The molecule has 2 aliphatic heterocycles. The van der Waals surface area contributed by atoms with Crippen molar-refractivity contribution in [1.29, 1.82) is 0 Å². The van der Waals surface area contributed by atoms with Gasteiger partial charge >= 0.3 is 0 Å². The molecule has 0 amide bonds. The highest BCUT2D eigenvalue weighted by Gasteiger charge is 2.59. The standard InChI is InChI=1S/C30H43N3O2/c1-23-8-11-27(35-3)20-28(23)29-12-17-32(16-5-7-25-6-4-15-31-21-25)18-14-30(29,34)24(2)33(19-13-29)22-26-9-10-26/h4,6,8,11,15,20-21,24,26,34H,5,7,9-10,12-14,16-19,22H2,1-3H3. The number of hydrogen-bond donors (Lipinski definition) is 1. The van der Waals surface area contributed by atoms with E-state index in [9.17, 15) is 5.11 Å². The monoisotopic (exact) mass is 477 g/mol. The summed E-state index contributed by atoms with van der Waals surface area (Å²) in [4.78, 5) is 9.47. The van der Waals surface area contributed by atoms with Crippen LogP contribution in [0, 0.1) is 12.8 Å². The summed E-state index contributed by atoms with van der Waals surface area (Å²) in [6, 6.07) is 10.8. The summed E-state index contributed by atoms with van der Waals surface area (Å²) in [5.74, 6) is 1.73. The van der Waals surface area contributed by atoms with Crippen LogP contribution < -0.4 is 4.74 Å². The first-order valence-corrected chi connectivity index (χ1v) is 13.7. The van der Waals surface area contributed by atoms with Gasteiger partial charge in [0.25, 0.3) is 0 Å². The minimum Gasteiger partial charge on any atom is -0.497 e. The second kappa shape index (κ2) is 10.2. The fourth-order valence-electron chi connectivity index (χ4n) is 6.93. The van der Waals surface area contributed by atoms with Crippen molar-refractivity contribution >= 4 is 0 Å². The zero-order valence-electron chi connectivity index (χ0n) is 21.9. The number of rotatable bonds is 8. The van der Waals surface area contributed by atoms with E-state index in [1.807, 2.05) is 18.5 Å². The Morgan fingerprint density at radius 1 is 1.11 bits per heavy atom. The van der Waals surface area contributed by atoms with Gasteiger partial charge in [-0.05, 0) is 119 Å². The van der Waals surface area contributed by atoms with Gasteiger partial charge in [-0.1, -0.05) is 12.1 Å². The van der Waals surface area contributed by atoms with Gasteiger partial charge in [0.05, 0.1) is 12.7 Å². The molecule has 0 bridgehead atoms. The summed E-state index contributed by atoms with van der Waals surface area (Å²) < 4.78 is 5.66. The summed E-state index contributed by atoms with van der Waals surface area (Å²) in [6.45, 7) is 9.77. The average molecular weight is 478 g/mol. The molecule has 2 saturated heterocycles. The molecular weight excluding hydrogens is 434 g/mol. The average Bonchev–Trinajstić information content (AvgIpc) is 3.71. The SMILES string of the molecule is COc1ccc(C)c(C23CCN(CCCc4cccnc4)CCC2(O)C(C)N(CC2CC2)CC3)c1. The molecule has 1 N–H and O–H groups in total. The van der Waals surface area contributed by atoms with E-state index in [0.717, 1.165) is 76.5 Å². The zero-order chi connectivity index (χ0) is 24.5. The first-order valence-electron chi connectivity index (χ1n) is 13.7. The second-order valence-corrected chi connectivity index (χ2v) is 11.4. The van der Waals surface area contributed by atoms with E-state index < -0.39 is 5.60 Å². The van der Waals surface area contributed by atoms with Crippen LogP contribution in [-0.4, -0.2) is 71.4 Å². The van der Waals surface area contributed by atoms with E-state index in [-0.39, 0.29) is 11.5 Å². The van der Waals surface area contributed by atoms with Crippen molar-refractivity contribution in [2.24, 2.45) is 5.92 Å². The highest BCUT2D eigenvalue weighted by atomic mass is 16.5. The first kappa shape index (κ1) is 24.7. The van der Waals surface area contributed by atoms with Crippen LogP contribution in [0.4, 0.5) is 0 Å². The van der Waals surface area contributed by atoms with Crippen LogP contribution in [0.25, 0.3) is 0 Å². The number of aryl methyl sites for hydroxylation is 2. The summed E-state index contributed by atoms with van der Waals surface area (Å²) in [6.07, 6.45) is 11.5. The van der Waals surface area contributed by atoms with Gasteiger partial charge in [-0.15, -0.1) is 0 Å². The molecule has 3 fully saturated rings. The Kier molecular flexibility index (Phi) is 7.20. The summed E-state index contributed by atoms with van der Waals surface area (Å²) >= 11 is 0. The van der Waals surface area contributed by atoms with Crippen molar-refractivity contribution < 1.29 is 9.84 Å². The smallest absolute Gasteiger partial charge is 0.119 e. The Morgan fingerprint density at radius 2 is 1.91 bits per heavy atom. The Labute approximate surface area is 211 Å². The molecule has 3 unspecified atom stereocenters. The third kappa shape index (κ3) is 4.87. The normalized spacial score (nSPS) is 30.0. The van der Waals surface area contributed by atoms with E-state index >= 15 is 0 Å². The molecule has 2 aromatic rings. The number of nitrogens with zero attached hydrogens (tertiary/aromatic N) is 3. The van der Waals surface area contributed by atoms with E-state index in [4.69, 9.17) is 4.74 Å². The van der Waals surface area contributed by atoms with Crippen molar-refractivity contribution in [1.82, 2.24) is 14.8 Å². The van der Waals surface area contributed by atoms with Gasteiger partial charge in [-0.3, -0.25) is 9.88 Å². The molecule has 1 aliphatic carbocycles. The first-order chi connectivity index (χ1) is 16.9. The van der Waals surface area contributed by atoms with Crippen molar-refractivity contribution in [2.75, 3.05) is 39.8 Å². The number of pyridine rings is 1. The van der Waals surface area contributed by atoms with Crippen molar-refractivity contribution in [3.63, 3.8) is 0 Å². The molecule has 35 heavy (non-hydrogen) atoms.